The summed E-state index contributed by atoms with van der Waals surface area (Å²) >= 11 is 5.91. The fraction of sp³-hybridized carbons (Fsp3) is 0.417. The van der Waals surface area contributed by atoms with Gasteiger partial charge in [-0.2, -0.15) is 13.2 Å². The third-order valence-corrected chi connectivity index (χ3v) is 6.02. The van der Waals surface area contributed by atoms with Crippen molar-refractivity contribution < 1.29 is 22.8 Å². The van der Waals surface area contributed by atoms with Gasteiger partial charge in [-0.25, -0.2) is 9.59 Å². The maximum Gasteiger partial charge on any atom is 0.416 e. The summed E-state index contributed by atoms with van der Waals surface area (Å²) in [5.74, 6) is 0. The summed E-state index contributed by atoms with van der Waals surface area (Å²) in [4.78, 5) is 26.6. The van der Waals surface area contributed by atoms with Crippen LogP contribution in [0.4, 0.5) is 34.1 Å². The minimum Gasteiger partial charge on any atom is -0.336 e. The summed E-state index contributed by atoms with van der Waals surface area (Å²) in [6, 6.07) is 9.89. The Morgan fingerprint density at radius 2 is 1.63 bits per heavy atom. The highest BCUT2D eigenvalue weighted by Gasteiger charge is 2.30. The van der Waals surface area contributed by atoms with E-state index in [2.05, 4.69) is 16.0 Å². The molecule has 0 radical (unpaired) electrons. The lowest BCUT2D eigenvalue weighted by molar-refractivity contribution is -0.137. The van der Waals surface area contributed by atoms with E-state index in [4.69, 9.17) is 17.3 Å². The molecule has 0 aliphatic carbocycles. The predicted molar refractivity (Wildman–Crippen MR) is 133 cm³/mol. The topological polar surface area (TPSA) is 99.5 Å². The number of hydrogen-bond acceptors (Lipinski definition) is 3. The van der Waals surface area contributed by atoms with Gasteiger partial charge < -0.3 is 26.6 Å². The normalized spacial score (nSPS) is 11.6. The van der Waals surface area contributed by atoms with Gasteiger partial charge in [0.15, 0.2) is 0 Å². The van der Waals surface area contributed by atoms with Gasteiger partial charge >= 0.3 is 18.2 Å². The van der Waals surface area contributed by atoms with E-state index < -0.39 is 29.3 Å². The highest BCUT2D eigenvalue weighted by atomic mass is 35.5. The molecular formula is C24H31ClF3N5O2. The van der Waals surface area contributed by atoms with Crippen LogP contribution in [0.2, 0.25) is 5.02 Å². The van der Waals surface area contributed by atoms with E-state index in [0.29, 0.717) is 23.7 Å². The molecular weight excluding hydrogens is 483 g/mol. The summed E-state index contributed by atoms with van der Waals surface area (Å²) in [6.45, 7) is 4.56. The molecule has 0 fully saturated rings. The highest BCUT2D eigenvalue weighted by Crippen LogP contribution is 2.30. The van der Waals surface area contributed by atoms with Gasteiger partial charge in [0.1, 0.15) is 0 Å². The van der Waals surface area contributed by atoms with Crippen LogP contribution in [-0.2, 0) is 6.18 Å². The molecule has 0 atom stereocenters. The number of urea groups is 2. The van der Waals surface area contributed by atoms with Crippen molar-refractivity contribution in [2.45, 2.75) is 44.8 Å². The van der Waals surface area contributed by atoms with Crippen molar-refractivity contribution in [3.05, 3.63) is 59.1 Å². The quantitative estimate of drug-likeness (QED) is 0.317. The van der Waals surface area contributed by atoms with E-state index in [1.807, 2.05) is 13.8 Å². The number of carbonyl (C=O) groups excluding carboxylic acids is 2. The molecule has 2 rings (SSSR count). The molecule has 0 saturated carbocycles. The van der Waals surface area contributed by atoms with Gasteiger partial charge in [0.2, 0.25) is 0 Å². The lowest BCUT2D eigenvalue weighted by Crippen LogP contribution is -2.46. The minimum absolute atomic E-state index is 0.142. The third-order valence-electron chi connectivity index (χ3n) is 5.79. The van der Waals surface area contributed by atoms with Crippen molar-refractivity contribution >= 4 is 35.0 Å². The Bertz CT molecular complexity index is 982. The van der Waals surface area contributed by atoms with Crippen LogP contribution in [0.5, 0.6) is 0 Å². The van der Waals surface area contributed by atoms with Crippen molar-refractivity contribution in [2.24, 2.45) is 5.73 Å². The Labute approximate surface area is 208 Å². The molecule has 4 amide bonds. The number of alkyl halides is 3. The lowest BCUT2D eigenvalue weighted by Gasteiger charge is -2.31. The van der Waals surface area contributed by atoms with Crippen molar-refractivity contribution in [3.8, 4) is 0 Å². The van der Waals surface area contributed by atoms with Gasteiger partial charge in [-0.3, -0.25) is 0 Å². The summed E-state index contributed by atoms with van der Waals surface area (Å²) in [5, 5.41) is 8.42. The Balaban J connectivity index is 2.00. The number of amides is 4. The number of benzene rings is 2. The molecule has 7 nitrogen and oxygen atoms in total. The number of carbonyl (C=O) groups is 2. The zero-order valence-electron chi connectivity index (χ0n) is 19.7. The van der Waals surface area contributed by atoms with Crippen LogP contribution in [0, 0.1) is 0 Å². The number of hydrogen-bond donors (Lipinski definition) is 4. The van der Waals surface area contributed by atoms with Crippen molar-refractivity contribution in [3.63, 3.8) is 0 Å². The number of halogens is 4. The average Bonchev–Trinajstić information content (AvgIpc) is 2.80. The number of rotatable bonds is 10. The molecule has 2 aromatic rings. The largest absolute Gasteiger partial charge is 0.416 e. The Kier molecular flexibility index (Phi) is 10.2. The molecule has 0 aromatic heterocycles. The van der Waals surface area contributed by atoms with Gasteiger partial charge in [-0.15, -0.1) is 0 Å². The van der Waals surface area contributed by atoms with Gasteiger partial charge in [-0.1, -0.05) is 31.5 Å². The second kappa shape index (κ2) is 12.6. The van der Waals surface area contributed by atoms with Gasteiger partial charge in [-0.05, 0) is 61.7 Å². The van der Waals surface area contributed by atoms with E-state index in [1.165, 1.54) is 17.0 Å². The smallest absolute Gasteiger partial charge is 0.336 e. The van der Waals surface area contributed by atoms with E-state index in [0.717, 1.165) is 25.0 Å². The molecule has 0 heterocycles. The second-order valence-corrected chi connectivity index (χ2v) is 8.64. The Morgan fingerprint density at radius 1 is 0.971 bits per heavy atom. The Hall–Kier alpha value is -2.98. The van der Waals surface area contributed by atoms with Gasteiger partial charge in [0.05, 0.1) is 5.56 Å². The average molecular weight is 514 g/mol. The second-order valence-electron chi connectivity index (χ2n) is 8.20. The zero-order chi connectivity index (χ0) is 26.1. The van der Waals surface area contributed by atoms with E-state index in [9.17, 15) is 22.8 Å². The lowest BCUT2D eigenvalue weighted by atomic mass is 9.90. The summed E-state index contributed by atoms with van der Waals surface area (Å²) < 4.78 is 38.4. The van der Waals surface area contributed by atoms with Crippen LogP contribution in [0.1, 0.15) is 38.7 Å². The molecule has 0 unspecified atom stereocenters. The first-order chi connectivity index (χ1) is 16.5. The molecule has 0 aliphatic rings. The first kappa shape index (κ1) is 28.3. The zero-order valence-corrected chi connectivity index (χ0v) is 20.5. The highest BCUT2D eigenvalue weighted by molar-refractivity contribution is 6.30. The van der Waals surface area contributed by atoms with Crippen LogP contribution in [0.25, 0.3) is 0 Å². The monoisotopic (exact) mass is 513 g/mol. The summed E-state index contributed by atoms with van der Waals surface area (Å²) in [7, 11) is 0. The molecule has 0 aliphatic heterocycles. The van der Waals surface area contributed by atoms with Crippen molar-refractivity contribution in [2.75, 3.05) is 30.3 Å². The Morgan fingerprint density at radius 3 is 2.20 bits per heavy atom. The first-order valence-corrected chi connectivity index (χ1v) is 11.7. The number of anilines is 2. The summed E-state index contributed by atoms with van der Waals surface area (Å²) in [5.41, 5.74) is 5.86. The van der Waals surface area contributed by atoms with Gasteiger partial charge in [0.25, 0.3) is 0 Å². The molecule has 0 saturated heterocycles. The molecule has 2 aromatic carbocycles. The fourth-order valence-electron chi connectivity index (χ4n) is 3.27. The standard InChI is InChI=1S/C24H31ClF3N5O2/c1-3-23(29,4-2)12-14-33(15-13-30-21(34)31-20-7-5-6-18(25)16-20)22(35)32-19-10-8-17(9-11-19)24(26,27)28/h5-11,16H,3-4,12-15,29H2,1-2H3,(H,32,35)(H2,30,31,34). The van der Waals surface area contributed by atoms with Gasteiger partial charge in [0, 0.05) is 41.6 Å². The predicted octanol–water partition coefficient (Wildman–Crippen LogP) is 5.92. The maximum atomic E-state index is 12.9. The molecule has 5 N–H and O–H groups in total. The van der Waals surface area contributed by atoms with Crippen LogP contribution < -0.4 is 21.7 Å². The minimum atomic E-state index is -4.46. The van der Waals surface area contributed by atoms with E-state index >= 15 is 0 Å². The number of nitrogens with two attached hydrogens (primary N) is 1. The van der Waals surface area contributed by atoms with E-state index in [1.54, 1.807) is 24.3 Å². The van der Waals surface area contributed by atoms with Crippen LogP contribution in [0.15, 0.2) is 48.5 Å². The SMILES string of the molecule is CCC(N)(CC)CCN(CCNC(=O)Nc1cccc(Cl)c1)C(=O)Nc1ccc(C(F)(F)F)cc1. The number of nitrogens with zero attached hydrogens (tertiary/aromatic N) is 1. The van der Waals surface area contributed by atoms with Crippen LogP contribution in [0.3, 0.4) is 0 Å². The van der Waals surface area contributed by atoms with E-state index in [-0.39, 0.29) is 18.8 Å². The molecule has 192 valence electrons. The number of nitrogens with one attached hydrogen (secondary N) is 3. The molecule has 0 spiro atoms. The van der Waals surface area contributed by atoms with Crippen LogP contribution >= 0.6 is 11.6 Å². The molecule has 0 bridgehead atoms. The first-order valence-electron chi connectivity index (χ1n) is 11.3. The summed E-state index contributed by atoms with van der Waals surface area (Å²) in [6.07, 6.45) is -2.50. The maximum absolute atomic E-state index is 12.9. The van der Waals surface area contributed by atoms with Crippen molar-refractivity contribution in [1.82, 2.24) is 10.2 Å². The molecule has 35 heavy (non-hydrogen) atoms. The fourth-order valence-corrected chi connectivity index (χ4v) is 3.46. The third kappa shape index (κ3) is 9.29. The molecule has 11 heteroatoms. The van der Waals surface area contributed by atoms with Crippen molar-refractivity contribution in [1.29, 1.82) is 0 Å². The van der Waals surface area contributed by atoms with Crippen LogP contribution in [-0.4, -0.2) is 42.1 Å².